The van der Waals surface area contributed by atoms with Crippen molar-refractivity contribution in [3.05, 3.63) is 46.8 Å². The lowest BCUT2D eigenvalue weighted by Gasteiger charge is -2.42. The van der Waals surface area contributed by atoms with Gasteiger partial charge in [0.15, 0.2) is 11.8 Å². The van der Waals surface area contributed by atoms with Gasteiger partial charge in [-0.2, -0.15) is 0 Å². The van der Waals surface area contributed by atoms with E-state index in [1.54, 1.807) is 0 Å². The van der Waals surface area contributed by atoms with Gasteiger partial charge in [-0.3, -0.25) is 9.59 Å². The first-order valence-electron chi connectivity index (χ1n) is 13.3. The van der Waals surface area contributed by atoms with E-state index in [1.807, 2.05) is 30.0 Å². The van der Waals surface area contributed by atoms with Crippen LogP contribution in [-0.4, -0.2) is 47.6 Å². The molecule has 5 rings (SSSR count). The van der Waals surface area contributed by atoms with Crippen LogP contribution in [0.4, 0.5) is 0 Å². The number of fused-ring (bicyclic) bond motifs is 2. The van der Waals surface area contributed by atoms with Crippen LogP contribution >= 0.6 is 0 Å². The molecular weight excluding hydrogens is 442 g/mol. The molecule has 1 N–H and O–H groups in total. The first-order valence-corrected chi connectivity index (χ1v) is 13.3. The fraction of sp³-hybridized carbons (Fsp3) is 0.607. The molecule has 3 aliphatic rings. The summed E-state index contributed by atoms with van der Waals surface area (Å²) < 4.78 is 11.6. The number of piperidine rings is 1. The van der Waals surface area contributed by atoms with E-state index in [2.05, 4.69) is 16.5 Å². The number of benzene rings is 1. The molecule has 2 aliphatic heterocycles. The zero-order valence-corrected chi connectivity index (χ0v) is 20.8. The maximum atomic E-state index is 13.4. The number of carbonyl (C=O) groups is 2. The molecule has 1 aliphatic carbocycles. The summed E-state index contributed by atoms with van der Waals surface area (Å²) in [7, 11) is 0. The Kier molecular flexibility index (Phi) is 7.12. The van der Waals surface area contributed by atoms with E-state index in [-0.39, 0.29) is 17.2 Å². The quantitative estimate of drug-likeness (QED) is 0.610. The number of aromatic nitrogens is 1. The maximum Gasteiger partial charge on any atom is 0.276 e. The molecule has 1 aromatic carbocycles. The Bertz CT molecular complexity index is 1050. The highest BCUT2D eigenvalue weighted by molar-refractivity contribution is 5.94. The fourth-order valence-electron chi connectivity index (χ4n) is 5.88. The molecule has 3 heterocycles. The molecule has 188 valence electrons. The lowest BCUT2D eigenvalue weighted by atomic mass is 9.74. The minimum absolute atomic E-state index is 0.00238. The van der Waals surface area contributed by atoms with Crippen LogP contribution in [0.2, 0.25) is 0 Å². The third-order valence-corrected chi connectivity index (χ3v) is 8.20. The van der Waals surface area contributed by atoms with Crippen LogP contribution in [0.1, 0.15) is 85.7 Å². The van der Waals surface area contributed by atoms with Crippen molar-refractivity contribution in [3.8, 4) is 5.75 Å². The van der Waals surface area contributed by atoms with Crippen molar-refractivity contribution in [2.75, 3.05) is 19.6 Å². The number of nitrogens with one attached hydrogen (secondary N) is 1. The van der Waals surface area contributed by atoms with Gasteiger partial charge in [0.25, 0.3) is 11.8 Å². The second-order valence-electron chi connectivity index (χ2n) is 10.6. The molecule has 0 unspecified atom stereocenters. The van der Waals surface area contributed by atoms with E-state index in [4.69, 9.17) is 9.26 Å². The largest absolute Gasteiger partial charge is 0.481 e. The van der Waals surface area contributed by atoms with E-state index >= 15 is 0 Å². The number of likely N-dealkylation sites (tertiary alicyclic amines) is 1. The van der Waals surface area contributed by atoms with Gasteiger partial charge in [0.05, 0.1) is 0 Å². The van der Waals surface area contributed by atoms with Crippen molar-refractivity contribution in [1.29, 1.82) is 0 Å². The summed E-state index contributed by atoms with van der Waals surface area (Å²) in [5.74, 6) is 1.63. The van der Waals surface area contributed by atoms with Gasteiger partial charge < -0.3 is 19.5 Å². The number of carbonyl (C=O) groups excluding carboxylic acids is 2. The Hall–Kier alpha value is -2.83. The van der Waals surface area contributed by atoms with Crippen molar-refractivity contribution >= 4 is 11.8 Å². The Morgan fingerprint density at radius 3 is 2.66 bits per heavy atom. The number of para-hydroxylation sites is 1. The van der Waals surface area contributed by atoms with E-state index in [9.17, 15) is 9.59 Å². The normalized spacial score (nSPS) is 23.1. The molecule has 1 atom stereocenters. The van der Waals surface area contributed by atoms with E-state index in [0.717, 1.165) is 86.8 Å². The second kappa shape index (κ2) is 10.4. The standard InChI is InChI=1S/C28H37N3O4/c1-20-26(32)29-19-28(14-8-7-10-21-9-5-6-12-23(21)34-20)15-17-31(18-16-28)27(33)25-22-11-3-2-4-13-24(22)35-30-25/h5-6,9,12,20H,2-4,7-8,10-11,13-19H2,1H3,(H,29,32)/t20-/m1/s1. The Morgan fingerprint density at radius 1 is 1.03 bits per heavy atom. The van der Waals surface area contributed by atoms with Crippen molar-refractivity contribution in [1.82, 2.24) is 15.4 Å². The van der Waals surface area contributed by atoms with Crippen molar-refractivity contribution in [2.45, 2.75) is 83.7 Å². The predicted molar refractivity (Wildman–Crippen MR) is 132 cm³/mol. The first-order chi connectivity index (χ1) is 17.0. The van der Waals surface area contributed by atoms with Gasteiger partial charge in [0, 0.05) is 31.6 Å². The Labute approximate surface area is 207 Å². The molecule has 1 aromatic heterocycles. The van der Waals surface area contributed by atoms with Gasteiger partial charge in [-0.15, -0.1) is 0 Å². The summed E-state index contributed by atoms with van der Waals surface area (Å²) in [5.41, 5.74) is 2.72. The third-order valence-electron chi connectivity index (χ3n) is 8.20. The van der Waals surface area contributed by atoms with Crippen molar-refractivity contribution < 1.29 is 18.8 Å². The van der Waals surface area contributed by atoms with Crippen LogP contribution in [-0.2, 0) is 24.1 Å². The van der Waals surface area contributed by atoms with Gasteiger partial charge in [-0.25, -0.2) is 0 Å². The Balaban J connectivity index is 1.25. The summed E-state index contributed by atoms with van der Waals surface area (Å²) >= 11 is 0. The lowest BCUT2D eigenvalue weighted by Crippen LogP contribution is -2.49. The molecule has 1 spiro atoms. The van der Waals surface area contributed by atoms with E-state index in [0.29, 0.717) is 25.3 Å². The highest BCUT2D eigenvalue weighted by atomic mass is 16.5. The number of rotatable bonds is 1. The molecule has 2 aromatic rings. The molecule has 35 heavy (non-hydrogen) atoms. The van der Waals surface area contributed by atoms with Crippen LogP contribution in [0.25, 0.3) is 0 Å². The minimum atomic E-state index is -0.545. The van der Waals surface area contributed by atoms with Gasteiger partial charge in [-0.05, 0) is 75.3 Å². The zero-order chi connectivity index (χ0) is 24.3. The summed E-state index contributed by atoms with van der Waals surface area (Å²) in [5, 5.41) is 7.35. The summed E-state index contributed by atoms with van der Waals surface area (Å²) in [6.07, 6.45) is 10.5. The number of hydrogen-bond acceptors (Lipinski definition) is 5. The molecule has 7 heteroatoms. The number of ether oxygens (including phenoxy) is 1. The smallest absolute Gasteiger partial charge is 0.276 e. The molecule has 2 amide bonds. The molecule has 7 nitrogen and oxygen atoms in total. The monoisotopic (exact) mass is 479 g/mol. The Morgan fingerprint density at radius 2 is 1.80 bits per heavy atom. The van der Waals surface area contributed by atoms with Gasteiger partial charge in [0.1, 0.15) is 11.5 Å². The number of nitrogens with zero attached hydrogens (tertiary/aromatic N) is 2. The summed E-state index contributed by atoms with van der Waals surface area (Å²) in [4.78, 5) is 28.1. The predicted octanol–water partition coefficient (Wildman–Crippen LogP) is 4.48. The van der Waals surface area contributed by atoms with Gasteiger partial charge in [-0.1, -0.05) is 36.2 Å². The molecular formula is C28H37N3O4. The van der Waals surface area contributed by atoms with Gasteiger partial charge >= 0.3 is 0 Å². The van der Waals surface area contributed by atoms with Crippen LogP contribution in [0, 0.1) is 5.41 Å². The molecule has 1 fully saturated rings. The summed E-state index contributed by atoms with van der Waals surface area (Å²) in [6, 6.07) is 8.03. The molecule has 0 bridgehead atoms. The minimum Gasteiger partial charge on any atom is -0.481 e. The highest BCUT2D eigenvalue weighted by Gasteiger charge is 2.38. The average Bonchev–Trinajstić information content (AvgIpc) is 3.13. The number of aryl methyl sites for hydroxylation is 2. The van der Waals surface area contributed by atoms with Crippen molar-refractivity contribution in [2.24, 2.45) is 5.41 Å². The van der Waals surface area contributed by atoms with Crippen LogP contribution in [0.15, 0.2) is 28.8 Å². The fourth-order valence-corrected chi connectivity index (χ4v) is 5.88. The van der Waals surface area contributed by atoms with E-state index in [1.165, 1.54) is 6.42 Å². The van der Waals surface area contributed by atoms with E-state index < -0.39 is 6.10 Å². The number of hydrogen-bond donors (Lipinski definition) is 1. The zero-order valence-electron chi connectivity index (χ0n) is 20.8. The van der Waals surface area contributed by atoms with Crippen LogP contribution in [0.5, 0.6) is 5.75 Å². The highest BCUT2D eigenvalue weighted by Crippen LogP contribution is 2.38. The van der Waals surface area contributed by atoms with Crippen LogP contribution < -0.4 is 10.1 Å². The summed E-state index contributed by atoms with van der Waals surface area (Å²) in [6.45, 7) is 3.81. The lowest BCUT2D eigenvalue weighted by molar-refractivity contribution is -0.128. The average molecular weight is 480 g/mol. The maximum absolute atomic E-state index is 13.4. The van der Waals surface area contributed by atoms with Crippen LogP contribution in [0.3, 0.4) is 0 Å². The molecule has 0 radical (unpaired) electrons. The number of amides is 2. The third kappa shape index (κ3) is 5.24. The SMILES string of the molecule is C[C@H]1Oc2ccccc2CCCCC2(CCN(C(=O)c3noc4c3CCCCC4)CC2)CNC1=O. The first kappa shape index (κ1) is 23.9. The van der Waals surface area contributed by atoms with Crippen molar-refractivity contribution in [3.63, 3.8) is 0 Å². The molecule has 1 saturated heterocycles. The topological polar surface area (TPSA) is 84.7 Å². The molecule has 0 saturated carbocycles. The second-order valence-corrected chi connectivity index (χ2v) is 10.6. The van der Waals surface area contributed by atoms with Gasteiger partial charge in [0.2, 0.25) is 0 Å².